The number of hydrogen-bond acceptors (Lipinski definition) is 2. The molecule has 1 unspecified atom stereocenters. The van der Waals surface area contributed by atoms with Crippen LogP contribution < -0.4 is 10.2 Å². The Labute approximate surface area is 110 Å². The summed E-state index contributed by atoms with van der Waals surface area (Å²) in [6.45, 7) is 5.15. The van der Waals surface area contributed by atoms with Gasteiger partial charge in [0, 0.05) is 30.9 Å². The highest BCUT2D eigenvalue weighted by Crippen LogP contribution is 2.28. The summed E-state index contributed by atoms with van der Waals surface area (Å²) in [6, 6.07) is 5.34. The van der Waals surface area contributed by atoms with Gasteiger partial charge in [0.05, 0.1) is 0 Å². The average Bonchev–Trinajstić information content (AvgIpc) is 2.37. The molecule has 1 atom stereocenters. The molecule has 0 aliphatic rings. The molecule has 102 valence electrons. The van der Waals surface area contributed by atoms with Crippen LogP contribution in [0.1, 0.15) is 44.7 Å². The zero-order valence-corrected chi connectivity index (χ0v) is 12.0. The van der Waals surface area contributed by atoms with Gasteiger partial charge in [0.25, 0.3) is 0 Å². The average molecular weight is 252 g/mol. The minimum atomic E-state index is -0.128. The van der Waals surface area contributed by atoms with E-state index in [0.717, 1.165) is 24.2 Å². The van der Waals surface area contributed by atoms with Gasteiger partial charge in [-0.3, -0.25) is 0 Å². The fraction of sp³-hybridized carbons (Fsp3) is 0.600. The first kappa shape index (κ1) is 15.0. The summed E-state index contributed by atoms with van der Waals surface area (Å²) in [5, 5.41) is 3.12. The lowest BCUT2D eigenvalue weighted by atomic mass is 10.0. The van der Waals surface area contributed by atoms with Gasteiger partial charge in [0.2, 0.25) is 0 Å². The van der Waals surface area contributed by atoms with E-state index in [9.17, 15) is 4.39 Å². The van der Waals surface area contributed by atoms with Gasteiger partial charge in [-0.1, -0.05) is 25.8 Å². The van der Waals surface area contributed by atoms with Crippen molar-refractivity contribution in [3.63, 3.8) is 0 Å². The number of hydrogen-bond donors (Lipinski definition) is 1. The molecule has 18 heavy (non-hydrogen) atoms. The standard InChI is InChI=1S/C15H25FN2/c1-5-6-7-11-18(4)14-10-8-9-13(16)15(14)12(2)17-3/h8-10,12,17H,5-7,11H2,1-4H3. The lowest BCUT2D eigenvalue weighted by Crippen LogP contribution is -2.23. The number of benzene rings is 1. The molecule has 0 aliphatic heterocycles. The van der Waals surface area contributed by atoms with Gasteiger partial charge in [-0.05, 0) is 32.5 Å². The van der Waals surface area contributed by atoms with Crippen LogP contribution in [0, 0.1) is 5.82 Å². The third-order valence-corrected chi connectivity index (χ3v) is 3.40. The van der Waals surface area contributed by atoms with Gasteiger partial charge < -0.3 is 10.2 Å². The molecule has 0 spiro atoms. The number of nitrogens with one attached hydrogen (secondary N) is 1. The van der Waals surface area contributed by atoms with E-state index < -0.39 is 0 Å². The summed E-state index contributed by atoms with van der Waals surface area (Å²) in [4.78, 5) is 2.15. The van der Waals surface area contributed by atoms with Gasteiger partial charge in [-0.15, -0.1) is 0 Å². The fourth-order valence-electron chi connectivity index (χ4n) is 2.15. The molecule has 0 bridgehead atoms. The van der Waals surface area contributed by atoms with Crippen LogP contribution in [0.3, 0.4) is 0 Å². The number of rotatable bonds is 7. The zero-order chi connectivity index (χ0) is 13.5. The molecular weight excluding hydrogens is 227 g/mol. The first-order valence-corrected chi connectivity index (χ1v) is 6.78. The third kappa shape index (κ3) is 3.70. The van der Waals surface area contributed by atoms with E-state index in [1.165, 1.54) is 18.9 Å². The highest BCUT2D eigenvalue weighted by Gasteiger charge is 2.16. The largest absolute Gasteiger partial charge is 0.374 e. The van der Waals surface area contributed by atoms with Crippen LogP contribution in [0.4, 0.5) is 10.1 Å². The molecule has 0 saturated carbocycles. The Bertz CT molecular complexity index is 366. The molecule has 0 aromatic heterocycles. The Hall–Kier alpha value is -1.09. The SMILES string of the molecule is CCCCCN(C)c1cccc(F)c1C(C)NC. The number of unbranched alkanes of at least 4 members (excludes halogenated alkanes) is 2. The van der Waals surface area contributed by atoms with E-state index in [2.05, 4.69) is 17.1 Å². The Balaban J connectivity index is 2.89. The van der Waals surface area contributed by atoms with E-state index in [-0.39, 0.29) is 11.9 Å². The van der Waals surface area contributed by atoms with Crippen LogP contribution in [0.15, 0.2) is 18.2 Å². The summed E-state index contributed by atoms with van der Waals surface area (Å²) < 4.78 is 14.0. The van der Waals surface area contributed by atoms with Crippen molar-refractivity contribution in [2.45, 2.75) is 39.2 Å². The molecule has 0 amide bonds. The van der Waals surface area contributed by atoms with Crippen LogP contribution in [-0.2, 0) is 0 Å². The molecule has 1 N–H and O–H groups in total. The molecule has 0 saturated heterocycles. The van der Waals surface area contributed by atoms with Crippen LogP contribution in [-0.4, -0.2) is 20.6 Å². The molecule has 0 heterocycles. The topological polar surface area (TPSA) is 15.3 Å². The smallest absolute Gasteiger partial charge is 0.130 e. The number of anilines is 1. The molecule has 0 aliphatic carbocycles. The summed E-state index contributed by atoms with van der Waals surface area (Å²) in [5.41, 5.74) is 1.76. The minimum absolute atomic E-state index is 0.0230. The Kier molecular flexibility index (Phi) is 6.13. The van der Waals surface area contributed by atoms with E-state index in [1.807, 2.05) is 27.1 Å². The Morgan fingerprint density at radius 1 is 1.33 bits per heavy atom. The second-order valence-corrected chi connectivity index (χ2v) is 4.81. The molecule has 3 heteroatoms. The highest BCUT2D eigenvalue weighted by atomic mass is 19.1. The Morgan fingerprint density at radius 2 is 2.06 bits per heavy atom. The maximum atomic E-state index is 14.0. The predicted molar refractivity (Wildman–Crippen MR) is 76.7 cm³/mol. The van der Waals surface area contributed by atoms with Crippen molar-refractivity contribution in [1.29, 1.82) is 0 Å². The number of halogens is 1. The normalized spacial score (nSPS) is 12.5. The monoisotopic (exact) mass is 252 g/mol. The van der Waals surface area contributed by atoms with Crippen LogP contribution in [0.25, 0.3) is 0 Å². The lowest BCUT2D eigenvalue weighted by molar-refractivity contribution is 0.560. The third-order valence-electron chi connectivity index (χ3n) is 3.40. The molecule has 1 rings (SSSR count). The second-order valence-electron chi connectivity index (χ2n) is 4.81. The van der Waals surface area contributed by atoms with Crippen LogP contribution in [0.5, 0.6) is 0 Å². The highest BCUT2D eigenvalue weighted by molar-refractivity contribution is 5.55. The van der Waals surface area contributed by atoms with E-state index in [0.29, 0.717) is 0 Å². The molecule has 1 aromatic carbocycles. The van der Waals surface area contributed by atoms with Crippen molar-refractivity contribution < 1.29 is 4.39 Å². The van der Waals surface area contributed by atoms with E-state index in [1.54, 1.807) is 6.07 Å². The minimum Gasteiger partial charge on any atom is -0.374 e. The molecule has 0 radical (unpaired) electrons. The van der Waals surface area contributed by atoms with Gasteiger partial charge in [-0.25, -0.2) is 4.39 Å². The number of nitrogens with zero attached hydrogens (tertiary/aromatic N) is 1. The van der Waals surface area contributed by atoms with E-state index >= 15 is 0 Å². The van der Waals surface area contributed by atoms with Crippen LogP contribution in [0.2, 0.25) is 0 Å². The summed E-state index contributed by atoms with van der Waals surface area (Å²) in [5.74, 6) is -0.128. The van der Waals surface area contributed by atoms with Gasteiger partial charge in [-0.2, -0.15) is 0 Å². The van der Waals surface area contributed by atoms with Gasteiger partial charge in [0.1, 0.15) is 5.82 Å². The van der Waals surface area contributed by atoms with Gasteiger partial charge >= 0.3 is 0 Å². The fourth-order valence-corrected chi connectivity index (χ4v) is 2.15. The second kappa shape index (κ2) is 7.37. The quantitative estimate of drug-likeness (QED) is 0.744. The summed E-state index contributed by atoms with van der Waals surface area (Å²) in [7, 11) is 3.90. The molecule has 2 nitrogen and oxygen atoms in total. The van der Waals surface area contributed by atoms with Crippen molar-refractivity contribution in [3.8, 4) is 0 Å². The predicted octanol–water partition coefficient (Wildman–Crippen LogP) is 3.73. The maximum Gasteiger partial charge on any atom is 0.130 e. The van der Waals surface area contributed by atoms with Crippen LogP contribution >= 0.6 is 0 Å². The van der Waals surface area contributed by atoms with Crippen molar-refractivity contribution in [1.82, 2.24) is 5.32 Å². The van der Waals surface area contributed by atoms with E-state index in [4.69, 9.17) is 0 Å². The summed E-state index contributed by atoms with van der Waals surface area (Å²) in [6.07, 6.45) is 3.57. The van der Waals surface area contributed by atoms with Crippen molar-refractivity contribution in [2.75, 3.05) is 25.5 Å². The van der Waals surface area contributed by atoms with Crippen molar-refractivity contribution in [3.05, 3.63) is 29.6 Å². The van der Waals surface area contributed by atoms with Crippen molar-refractivity contribution in [2.24, 2.45) is 0 Å². The molecular formula is C15H25FN2. The first-order chi connectivity index (χ1) is 8.61. The lowest BCUT2D eigenvalue weighted by Gasteiger charge is -2.25. The molecule has 1 aromatic rings. The first-order valence-electron chi connectivity index (χ1n) is 6.78. The van der Waals surface area contributed by atoms with Gasteiger partial charge in [0.15, 0.2) is 0 Å². The zero-order valence-electron chi connectivity index (χ0n) is 12.0. The summed E-state index contributed by atoms with van der Waals surface area (Å²) >= 11 is 0. The maximum absolute atomic E-state index is 14.0. The van der Waals surface area contributed by atoms with Crippen molar-refractivity contribution >= 4 is 5.69 Å². The Morgan fingerprint density at radius 3 is 2.67 bits per heavy atom. The molecule has 0 fully saturated rings.